The molecular formula is C32H35N3O4. The summed E-state index contributed by atoms with van der Waals surface area (Å²) in [4.78, 5) is 29.3. The fourth-order valence-corrected chi connectivity index (χ4v) is 5.50. The number of aromatic carboxylic acids is 1. The number of nitrogens with zero attached hydrogens (tertiary/aromatic N) is 2. The Morgan fingerprint density at radius 1 is 1.03 bits per heavy atom. The Bertz CT molecular complexity index is 1500. The van der Waals surface area contributed by atoms with Gasteiger partial charge in [0.1, 0.15) is 11.6 Å². The van der Waals surface area contributed by atoms with Crippen molar-refractivity contribution in [2.24, 2.45) is 0 Å². The molecule has 0 unspecified atom stereocenters. The Hall–Kier alpha value is -4.13. The molecule has 1 aromatic heterocycles. The van der Waals surface area contributed by atoms with Crippen LogP contribution in [0.2, 0.25) is 0 Å². The number of benzene rings is 3. The van der Waals surface area contributed by atoms with Crippen molar-refractivity contribution < 1.29 is 19.4 Å². The highest BCUT2D eigenvalue weighted by Gasteiger charge is 2.19. The number of nitrogens with one attached hydrogen (secondary N) is 1. The molecule has 4 aromatic rings. The van der Waals surface area contributed by atoms with Crippen molar-refractivity contribution in [2.45, 2.75) is 71.3 Å². The summed E-state index contributed by atoms with van der Waals surface area (Å²) in [7, 11) is 0. The van der Waals surface area contributed by atoms with Crippen molar-refractivity contribution in [3.63, 3.8) is 0 Å². The highest BCUT2D eigenvalue weighted by molar-refractivity contribution is 5.96. The summed E-state index contributed by atoms with van der Waals surface area (Å²) < 4.78 is 7.82. The van der Waals surface area contributed by atoms with Crippen molar-refractivity contribution in [3.05, 3.63) is 77.6 Å². The molecule has 1 aliphatic carbocycles. The third kappa shape index (κ3) is 5.82. The van der Waals surface area contributed by atoms with E-state index >= 15 is 0 Å². The quantitative estimate of drug-likeness (QED) is 0.249. The highest BCUT2D eigenvalue weighted by Crippen LogP contribution is 2.32. The first-order valence-electron chi connectivity index (χ1n) is 13.9. The smallest absolute Gasteiger partial charge is 0.412 e. The van der Waals surface area contributed by atoms with Gasteiger partial charge in [-0.3, -0.25) is 4.57 Å². The molecular weight excluding hydrogens is 490 g/mol. The van der Waals surface area contributed by atoms with Gasteiger partial charge < -0.3 is 15.2 Å². The number of fused-ring (bicyclic) bond motifs is 1. The minimum Gasteiger partial charge on any atom is -0.478 e. The third-order valence-corrected chi connectivity index (χ3v) is 7.50. The maximum Gasteiger partial charge on any atom is 0.412 e. The van der Waals surface area contributed by atoms with Gasteiger partial charge in [-0.05, 0) is 73.2 Å². The summed E-state index contributed by atoms with van der Waals surface area (Å²) in [5, 5.41) is 12.7. The third-order valence-electron chi connectivity index (χ3n) is 7.50. The molecule has 1 heterocycles. The highest BCUT2D eigenvalue weighted by atomic mass is 16.6. The standard InChI is InChI=1S/C32H35N3O4/c1-3-4-14-30-34-28-18-16-24(39-32(38)33-22-10-6-5-7-11-22)20-29(28)35(30)23-15-17-25(21(2)19-23)26-12-8-9-13-27(26)31(36)37/h8-9,12-13,15-20,22H,3-7,10-11,14H2,1-2H3,(H,33,38)(H,36,37). The maximum absolute atomic E-state index is 12.6. The number of rotatable bonds is 8. The van der Waals surface area contributed by atoms with Gasteiger partial charge in [0, 0.05) is 24.2 Å². The number of carbonyl (C=O) groups excluding carboxylic acids is 1. The minimum absolute atomic E-state index is 0.175. The molecule has 202 valence electrons. The van der Waals surface area contributed by atoms with E-state index in [1.54, 1.807) is 18.2 Å². The van der Waals surface area contributed by atoms with Gasteiger partial charge >= 0.3 is 12.1 Å². The second-order valence-electron chi connectivity index (χ2n) is 10.3. The topological polar surface area (TPSA) is 93.5 Å². The van der Waals surface area contributed by atoms with Gasteiger partial charge in [-0.2, -0.15) is 0 Å². The van der Waals surface area contributed by atoms with E-state index < -0.39 is 12.1 Å². The minimum atomic E-state index is -0.948. The van der Waals surface area contributed by atoms with E-state index in [4.69, 9.17) is 9.72 Å². The van der Waals surface area contributed by atoms with Gasteiger partial charge in [-0.15, -0.1) is 0 Å². The normalized spacial score (nSPS) is 13.9. The molecule has 39 heavy (non-hydrogen) atoms. The molecule has 0 atom stereocenters. The second kappa shape index (κ2) is 11.7. The van der Waals surface area contributed by atoms with Crippen molar-refractivity contribution in [2.75, 3.05) is 0 Å². The van der Waals surface area contributed by atoms with Crippen LogP contribution in [0.5, 0.6) is 5.75 Å². The molecule has 0 bridgehead atoms. The summed E-state index contributed by atoms with van der Waals surface area (Å²) in [6.07, 6.45) is 7.92. The van der Waals surface area contributed by atoms with E-state index in [1.807, 2.05) is 43.3 Å². The SMILES string of the molecule is CCCCc1nc2ccc(OC(=O)NC3CCCCC3)cc2n1-c1ccc(-c2ccccc2C(=O)O)c(C)c1. The molecule has 2 N–H and O–H groups in total. The Balaban J connectivity index is 1.50. The summed E-state index contributed by atoms with van der Waals surface area (Å²) in [6, 6.07) is 18.8. The zero-order chi connectivity index (χ0) is 27.4. The van der Waals surface area contributed by atoms with E-state index in [0.29, 0.717) is 11.3 Å². The van der Waals surface area contributed by atoms with Gasteiger partial charge in [0.2, 0.25) is 0 Å². The van der Waals surface area contributed by atoms with Crippen molar-refractivity contribution in [1.29, 1.82) is 0 Å². The Morgan fingerprint density at radius 2 is 1.82 bits per heavy atom. The number of carbonyl (C=O) groups is 2. The van der Waals surface area contributed by atoms with Crippen LogP contribution < -0.4 is 10.1 Å². The van der Waals surface area contributed by atoms with Crippen molar-refractivity contribution in [3.8, 4) is 22.6 Å². The van der Waals surface area contributed by atoms with Crippen LogP contribution in [0.4, 0.5) is 4.79 Å². The van der Waals surface area contributed by atoms with E-state index in [-0.39, 0.29) is 11.6 Å². The average molecular weight is 526 g/mol. The Kier molecular flexibility index (Phi) is 7.96. The van der Waals surface area contributed by atoms with Crippen LogP contribution in [0, 0.1) is 6.92 Å². The number of aryl methyl sites for hydroxylation is 2. The van der Waals surface area contributed by atoms with E-state index in [0.717, 1.165) is 78.6 Å². The van der Waals surface area contributed by atoms with E-state index in [1.165, 1.54) is 6.42 Å². The molecule has 1 saturated carbocycles. The maximum atomic E-state index is 12.6. The molecule has 3 aromatic carbocycles. The van der Waals surface area contributed by atoms with Gasteiger partial charge in [0.05, 0.1) is 16.6 Å². The zero-order valence-electron chi connectivity index (χ0n) is 22.6. The molecule has 7 heteroatoms. The zero-order valence-corrected chi connectivity index (χ0v) is 22.6. The molecule has 7 nitrogen and oxygen atoms in total. The van der Waals surface area contributed by atoms with Gasteiger partial charge in [0.15, 0.2) is 0 Å². The number of carboxylic acid groups (broad SMARTS) is 1. The van der Waals surface area contributed by atoms with Crippen LogP contribution in [-0.4, -0.2) is 32.8 Å². The lowest BCUT2D eigenvalue weighted by atomic mass is 9.95. The monoisotopic (exact) mass is 525 g/mol. The lowest BCUT2D eigenvalue weighted by molar-refractivity contribution is 0.0697. The average Bonchev–Trinajstić information content (AvgIpc) is 3.29. The number of carboxylic acids is 1. The van der Waals surface area contributed by atoms with Crippen LogP contribution in [-0.2, 0) is 6.42 Å². The second-order valence-corrected chi connectivity index (χ2v) is 10.3. The Morgan fingerprint density at radius 3 is 2.56 bits per heavy atom. The van der Waals surface area contributed by atoms with Crippen molar-refractivity contribution in [1.82, 2.24) is 14.9 Å². The number of ether oxygens (including phenoxy) is 1. The predicted molar refractivity (Wildman–Crippen MR) is 153 cm³/mol. The van der Waals surface area contributed by atoms with Crippen LogP contribution in [0.3, 0.4) is 0 Å². The number of imidazole rings is 1. The molecule has 5 rings (SSSR count). The number of amides is 1. The van der Waals surface area contributed by atoms with Gasteiger partial charge in [0.25, 0.3) is 0 Å². The first kappa shape index (κ1) is 26.5. The summed E-state index contributed by atoms with van der Waals surface area (Å²) >= 11 is 0. The first-order chi connectivity index (χ1) is 18.9. The Labute approximate surface area is 228 Å². The fraction of sp³-hybridized carbons (Fsp3) is 0.344. The lowest BCUT2D eigenvalue weighted by Gasteiger charge is -2.22. The van der Waals surface area contributed by atoms with Crippen LogP contribution in [0.15, 0.2) is 60.7 Å². The number of hydrogen-bond acceptors (Lipinski definition) is 4. The molecule has 1 aliphatic rings. The van der Waals surface area contributed by atoms with Gasteiger partial charge in [-0.25, -0.2) is 14.6 Å². The number of unbranched alkanes of at least 4 members (excludes halogenated alkanes) is 1. The van der Waals surface area contributed by atoms with Gasteiger partial charge in [-0.1, -0.05) is 56.9 Å². The van der Waals surface area contributed by atoms with Crippen LogP contribution >= 0.6 is 0 Å². The summed E-state index contributed by atoms with van der Waals surface area (Å²) in [6.45, 7) is 4.15. The number of hydrogen-bond donors (Lipinski definition) is 2. The first-order valence-corrected chi connectivity index (χ1v) is 13.9. The molecule has 0 spiro atoms. The fourth-order valence-electron chi connectivity index (χ4n) is 5.50. The molecule has 0 aliphatic heterocycles. The largest absolute Gasteiger partial charge is 0.478 e. The van der Waals surface area contributed by atoms with Crippen LogP contribution in [0.25, 0.3) is 27.8 Å². The molecule has 0 radical (unpaired) electrons. The predicted octanol–water partition coefficient (Wildman–Crippen LogP) is 7.46. The number of aromatic nitrogens is 2. The van der Waals surface area contributed by atoms with E-state index in [9.17, 15) is 14.7 Å². The van der Waals surface area contributed by atoms with Crippen molar-refractivity contribution >= 4 is 23.1 Å². The lowest BCUT2D eigenvalue weighted by Crippen LogP contribution is -2.37. The summed E-state index contributed by atoms with van der Waals surface area (Å²) in [5.74, 6) is 0.466. The molecule has 1 fully saturated rings. The van der Waals surface area contributed by atoms with Crippen LogP contribution in [0.1, 0.15) is 73.6 Å². The summed E-state index contributed by atoms with van der Waals surface area (Å²) in [5.41, 5.74) is 5.43. The molecule has 1 amide bonds. The van der Waals surface area contributed by atoms with E-state index in [2.05, 4.69) is 22.9 Å². The molecule has 0 saturated heterocycles.